The second-order valence-electron chi connectivity index (χ2n) is 5.68. The van der Waals surface area contributed by atoms with E-state index >= 15 is 0 Å². The molecule has 0 fully saturated rings. The van der Waals surface area contributed by atoms with Gasteiger partial charge in [-0.05, 0) is 29.3 Å². The Balaban J connectivity index is 1.62. The lowest BCUT2D eigenvalue weighted by atomic mass is 10.1. The molecule has 2 heterocycles. The van der Waals surface area contributed by atoms with E-state index in [2.05, 4.69) is 20.5 Å². The van der Waals surface area contributed by atoms with Gasteiger partial charge < -0.3 is 14.8 Å². The van der Waals surface area contributed by atoms with Gasteiger partial charge in [0.25, 0.3) is 0 Å². The number of pyridine rings is 1. The average molecular weight is 322 g/mol. The second kappa shape index (κ2) is 5.88. The van der Waals surface area contributed by atoms with Crippen LogP contribution >= 0.6 is 0 Å². The minimum absolute atomic E-state index is 0.700. The molecular weight excluding hydrogens is 304 g/mol. The highest BCUT2D eigenvalue weighted by molar-refractivity contribution is 5.80. The zero-order valence-electron chi connectivity index (χ0n) is 13.6. The van der Waals surface area contributed by atoms with E-state index in [9.17, 15) is 0 Å². The normalized spacial score (nSPS) is 11.8. The number of hydrogen-bond acceptors (Lipinski definition) is 5. The molecule has 122 valence electrons. The summed E-state index contributed by atoms with van der Waals surface area (Å²) in [4.78, 5) is 4.13. The van der Waals surface area contributed by atoms with Crippen molar-refractivity contribution in [3.05, 3.63) is 53.3 Å². The molecule has 6 nitrogen and oxygen atoms in total. The van der Waals surface area contributed by atoms with Crippen LogP contribution in [0.5, 0.6) is 11.5 Å². The van der Waals surface area contributed by atoms with Crippen molar-refractivity contribution in [2.24, 2.45) is 0 Å². The van der Waals surface area contributed by atoms with Crippen molar-refractivity contribution >= 4 is 5.82 Å². The molecule has 1 aliphatic carbocycles. The highest BCUT2D eigenvalue weighted by Crippen LogP contribution is 2.43. The summed E-state index contributed by atoms with van der Waals surface area (Å²) in [6.45, 7) is 0.700. The fourth-order valence-corrected chi connectivity index (χ4v) is 3.08. The van der Waals surface area contributed by atoms with Gasteiger partial charge in [0.15, 0.2) is 11.5 Å². The topological polar surface area (TPSA) is 72.1 Å². The Labute approximate surface area is 139 Å². The summed E-state index contributed by atoms with van der Waals surface area (Å²) in [5, 5.41) is 11.0. The highest BCUT2D eigenvalue weighted by Gasteiger charge is 2.26. The average Bonchev–Trinajstić information content (AvgIpc) is 3.18. The summed E-state index contributed by atoms with van der Waals surface area (Å²) in [6, 6.07) is 8.00. The molecule has 24 heavy (non-hydrogen) atoms. The van der Waals surface area contributed by atoms with Gasteiger partial charge in [-0.2, -0.15) is 5.10 Å². The van der Waals surface area contributed by atoms with Crippen molar-refractivity contribution in [1.29, 1.82) is 0 Å². The third kappa shape index (κ3) is 2.36. The van der Waals surface area contributed by atoms with Crippen molar-refractivity contribution in [3.8, 4) is 22.8 Å². The predicted molar refractivity (Wildman–Crippen MR) is 91.5 cm³/mol. The molecule has 0 radical (unpaired) electrons. The number of nitrogens with zero attached hydrogens (tertiary/aromatic N) is 2. The number of aromatic nitrogens is 3. The van der Waals surface area contributed by atoms with E-state index in [1.807, 2.05) is 30.5 Å². The molecule has 0 saturated carbocycles. The molecule has 0 spiro atoms. The monoisotopic (exact) mass is 322 g/mol. The minimum Gasteiger partial charge on any atom is -0.493 e. The molecule has 0 atom stereocenters. The first-order chi connectivity index (χ1) is 11.8. The maximum Gasteiger partial charge on any atom is 0.161 e. The Bertz CT molecular complexity index is 874. The molecule has 0 bridgehead atoms. The van der Waals surface area contributed by atoms with Crippen molar-refractivity contribution < 1.29 is 9.47 Å². The van der Waals surface area contributed by atoms with Crippen LogP contribution in [0.4, 0.5) is 5.82 Å². The number of fused-ring (bicyclic) bond motifs is 3. The molecule has 0 unspecified atom stereocenters. The summed E-state index contributed by atoms with van der Waals surface area (Å²) in [5.74, 6) is 2.41. The number of anilines is 1. The number of methoxy groups -OCH3 is 2. The van der Waals surface area contributed by atoms with E-state index < -0.39 is 0 Å². The van der Waals surface area contributed by atoms with Gasteiger partial charge in [0.1, 0.15) is 5.82 Å². The first-order valence-electron chi connectivity index (χ1n) is 7.75. The predicted octanol–water partition coefficient (Wildman–Crippen LogP) is 3.01. The van der Waals surface area contributed by atoms with Gasteiger partial charge in [-0.25, -0.2) is 0 Å². The van der Waals surface area contributed by atoms with E-state index in [1.54, 1.807) is 20.4 Å². The third-order valence-corrected chi connectivity index (χ3v) is 4.29. The van der Waals surface area contributed by atoms with Crippen LogP contribution in [0.1, 0.15) is 16.7 Å². The quantitative estimate of drug-likeness (QED) is 0.591. The van der Waals surface area contributed by atoms with Crippen LogP contribution in [0.3, 0.4) is 0 Å². The van der Waals surface area contributed by atoms with Crippen LogP contribution in [0, 0.1) is 0 Å². The second-order valence-corrected chi connectivity index (χ2v) is 5.68. The number of hydrogen-bond donors (Lipinski definition) is 2. The van der Waals surface area contributed by atoms with E-state index in [4.69, 9.17) is 9.47 Å². The Morgan fingerprint density at radius 3 is 2.79 bits per heavy atom. The van der Waals surface area contributed by atoms with Gasteiger partial charge in [-0.15, -0.1) is 0 Å². The summed E-state index contributed by atoms with van der Waals surface area (Å²) in [7, 11) is 3.30. The number of aromatic amines is 1. The molecule has 6 heteroatoms. The third-order valence-electron chi connectivity index (χ3n) is 4.29. The van der Waals surface area contributed by atoms with Gasteiger partial charge in [-0.1, -0.05) is 6.07 Å². The number of ether oxygens (including phenoxy) is 2. The number of rotatable bonds is 5. The molecular formula is C18H18N4O2. The summed E-state index contributed by atoms with van der Waals surface area (Å²) >= 11 is 0. The minimum atomic E-state index is 0.700. The number of H-pyrrole nitrogens is 1. The molecule has 0 amide bonds. The lowest BCUT2D eigenvalue weighted by Gasteiger charge is -2.10. The summed E-state index contributed by atoms with van der Waals surface area (Å²) in [5.41, 5.74) is 5.56. The standard InChI is InChI=1S/C18H18N4O2/c1-23-15-7-12-6-14-17(13(12)8-16(15)24-2)21-22-18(14)20-10-11-4-3-5-19-9-11/h3-5,7-9H,6,10H2,1-2H3,(H2,20,21,22). The molecule has 1 aliphatic rings. The SMILES string of the molecule is COc1cc2c(cc1OC)-c1n[nH]c(NCc3cccnc3)c1C2. The molecule has 0 aliphatic heterocycles. The van der Waals surface area contributed by atoms with E-state index in [-0.39, 0.29) is 0 Å². The lowest BCUT2D eigenvalue weighted by molar-refractivity contribution is 0.355. The van der Waals surface area contributed by atoms with Crippen LogP contribution < -0.4 is 14.8 Å². The smallest absolute Gasteiger partial charge is 0.161 e. The Morgan fingerprint density at radius 2 is 2.04 bits per heavy atom. The largest absolute Gasteiger partial charge is 0.493 e. The molecule has 1 aromatic carbocycles. The maximum atomic E-state index is 5.40. The van der Waals surface area contributed by atoms with Crippen LogP contribution in [0.2, 0.25) is 0 Å². The molecule has 0 saturated heterocycles. The van der Waals surface area contributed by atoms with E-state index in [0.29, 0.717) is 6.54 Å². The van der Waals surface area contributed by atoms with Crippen molar-refractivity contribution in [1.82, 2.24) is 15.2 Å². The van der Waals surface area contributed by atoms with Crippen molar-refractivity contribution in [3.63, 3.8) is 0 Å². The fourth-order valence-electron chi connectivity index (χ4n) is 3.08. The Morgan fingerprint density at radius 1 is 1.21 bits per heavy atom. The molecule has 2 aromatic heterocycles. The van der Waals surface area contributed by atoms with Crippen LogP contribution in [0.15, 0.2) is 36.7 Å². The summed E-state index contributed by atoms with van der Waals surface area (Å²) < 4.78 is 10.8. The molecule has 2 N–H and O–H groups in total. The van der Waals surface area contributed by atoms with Gasteiger partial charge in [0, 0.05) is 36.5 Å². The van der Waals surface area contributed by atoms with Crippen molar-refractivity contribution in [2.75, 3.05) is 19.5 Å². The molecule has 3 aromatic rings. The van der Waals surface area contributed by atoms with Crippen LogP contribution in [-0.4, -0.2) is 29.4 Å². The zero-order chi connectivity index (χ0) is 16.5. The fraction of sp³-hybridized carbons (Fsp3) is 0.222. The Kier molecular flexibility index (Phi) is 3.57. The Hall–Kier alpha value is -3.02. The lowest BCUT2D eigenvalue weighted by Crippen LogP contribution is -2.02. The van der Waals surface area contributed by atoms with Crippen LogP contribution in [0.25, 0.3) is 11.3 Å². The van der Waals surface area contributed by atoms with Gasteiger partial charge in [0.2, 0.25) is 0 Å². The summed E-state index contributed by atoms with van der Waals surface area (Å²) in [6.07, 6.45) is 4.44. The van der Waals surface area contributed by atoms with E-state index in [1.165, 1.54) is 11.1 Å². The van der Waals surface area contributed by atoms with Gasteiger partial charge >= 0.3 is 0 Å². The van der Waals surface area contributed by atoms with Crippen molar-refractivity contribution in [2.45, 2.75) is 13.0 Å². The zero-order valence-corrected chi connectivity index (χ0v) is 13.6. The first kappa shape index (κ1) is 14.6. The molecule has 4 rings (SSSR count). The maximum absolute atomic E-state index is 5.40. The highest BCUT2D eigenvalue weighted by atomic mass is 16.5. The number of nitrogens with one attached hydrogen (secondary N) is 2. The van der Waals surface area contributed by atoms with E-state index in [0.717, 1.165) is 40.6 Å². The first-order valence-corrected chi connectivity index (χ1v) is 7.75. The van der Waals surface area contributed by atoms with Crippen LogP contribution in [-0.2, 0) is 13.0 Å². The van der Waals surface area contributed by atoms with Gasteiger partial charge in [-0.3, -0.25) is 10.1 Å². The number of benzene rings is 1. The van der Waals surface area contributed by atoms with Gasteiger partial charge in [0.05, 0.1) is 19.9 Å².